The number of hydrogen-bond donors (Lipinski definition) is 1. The summed E-state index contributed by atoms with van der Waals surface area (Å²) < 4.78 is 10.7. The van der Waals surface area contributed by atoms with Gasteiger partial charge in [0.05, 0.1) is 7.11 Å². The van der Waals surface area contributed by atoms with Crippen molar-refractivity contribution in [3.8, 4) is 5.75 Å². The van der Waals surface area contributed by atoms with Gasteiger partial charge in [0.1, 0.15) is 17.9 Å². The average Bonchev–Trinajstić information content (AvgIpc) is 2.87. The summed E-state index contributed by atoms with van der Waals surface area (Å²) in [7, 11) is 1.41. The van der Waals surface area contributed by atoms with Crippen molar-refractivity contribution in [3.05, 3.63) is 29.8 Å². The molecule has 0 aliphatic carbocycles. The van der Waals surface area contributed by atoms with E-state index >= 15 is 0 Å². The lowest BCUT2D eigenvalue weighted by Gasteiger charge is -2.15. The molecule has 1 fully saturated rings. The van der Waals surface area contributed by atoms with Crippen molar-refractivity contribution in [2.24, 2.45) is 0 Å². The van der Waals surface area contributed by atoms with Crippen LogP contribution in [0.25, 0.3) is 0 Å². The van der Waals surface area contributed by atoms with Crippen LogP contribution >= 0.6 is 0 Å². The number of ether oxygens (including phenoxy) is 2. The van der Waals surface area contributed by atoms with Crippen LogP contribution in [0, 0.1) is 0 Å². The molecule has 4 nitrogen and oxygen atoms in total. The van der Waals surface area contributed by atoms with Crippen molar-refractivity contribution < 1.29 is 14.3 Å². The lowest BCUT2D eigenvalue weighted by atomic mass is 10.1. The minimum Gasteiger partial charge on any atom is -0.489 e. The zero-order chi connectivity index (χ0) is 13.0. The number of esters is 1. The second-order valence-corrected chi connectivity index (χ2v) is 4.42. The van der Waals surface area contributed by atoms with E-state index in [2.05, 4.69) is 18.3 Å². The Kier molecular flexibility index (Phi) is 4.20. The molecule has 1 aliphatic heterocycles. The second-order valence-electron chi connectivity index (χ2n) is 4.42. The highest BCUT2D eigenvalue weighted by atomic mass is 16.5. The van der Waals surface area contributed by atoms with E-state index in [9.17, 15) is 4.79 Å². The Morgan fingerprint density at radius 3 is 2.94 bits per heavy atom. The maximum Gasteiger partial charge on any atom is 0.323 e. The molecule has 1 aliphatic rings. The molecule has 0 bridgehead atoms. The molecular weight excluding hydrogens is 230 g/mol. The van der Waals surface area contributed by atoms with Gasteiger partial charge in [-0.05, 0) is 18.1 Å². The molecule has 1 N–H and O–H groups in total. The van der Waals surface area contributed by atoms with Gasteiger partial charge in [-0.15, -0.1) is 0 Å². The van der Waals surface area contributed by atoms with Gasteiger partial charge in [0, 0.05) is 13.0 Å². The van der Waals surface area contributed by atoms with Gasteiger partial charge in [0.25, 0.3) is 0 Å². The van der Waals surface area contributed by atoms with Crippen molar-refractivity contribution in [2.75, 3.05) is 13.7 Å². The average molecular weight is 249 g/mol. The zero-order valence-corrected chi connectivity index (χ0v) is 10.8. The highest BCUT2D eigenvalue weighted by Gasteiger charge is 2.31. The third-order valence-electron chi connectivity index (χ3n) is 3.22. The van der Waals surface area contributed by atoms with Crippen LogP contribution in [0.2, 0.25) is 0 Å². The van der Waals surface area contributed by atoms with Crippen LogP contribution in [0.15, 0.2) is 24.3 Å². The molecule has 4 heteroatoms. The van der Waals surface area contributed by atoms with E-state index in [1.165, 1.54) is 12.7 Å². The minimum atomic E-state index is -0.242. The Morgan fingerprint density at radius 1 is 1.44 bits per heavy atom. The summed E-state index contributed by atoms with van der Waals surface area (Å²) in [6, 6.07) is 7.78. The Morgan fingerprint density at radius 2 is 2.22 bits per heavy atom. The van der Waals surface area contributed by atoms with Crippen molar-refractivity contribution in [1.29, 1.82) is 0 Å². The number of hydrogen-bond acceptors (Lipinski definition) is 4. The highest BCUT2D eigenvalue weighted by molar-refractivity contribution is 5.76. The van der Waals surface area contributed by atoms with Gasteiger partial charge < -0.3 is 14.8 Å². The molecule has 0 amide bonds. The Hall–Kier alpha value is -1.55. The number of para-hydroxylation sites is 1. The van der Waals surface area contributed by atoms with Crippen LogP contribution < -0.4 is 10.1 Å². The topological polar surface area (TPSA) is 47.6 Å². The van der Waals surface area contributed by atoms with Gasteiger partial charge in [-0.25, -0.2) is 0 Å². The molecule has 0 aromatic heterocycles. The number of methoxy groups -OCH3 is 1. The first-order chi connectivity index (χ1) is 8.74. The van der Waals surface area contributed by atoms with Crippen LogP contribution in [-0.2, 0) is 16.0 Å². The number of carbonyl (C=O) groups is 1. The van der Waals surface area contributed by atoms with Crippen molar-refractivity contribution in [3.63, 3.8) is 0 Å². The summed E-state index contributed by atoms with van der Waals surface area (Å²) in [5, 5.41) is 3.12. The van der Waals surface area contributed by atoms with E-state index < -0.39 is 0 Å². The molecule has 1 aromatic carbocycles. The molecular formula is C14H19NO3. The van der Waals surface area contributed by atoms with Gasteiger partial charge in [0.2, 0.25) is 0 Å². The predicted molar refractivity (Wildman–Crippen MR) is 68.7 cm³/mol. The van der Waals surface area contributed by atoms with E-state index in [1.807, 2.05) is 18.2 Å². The van der Waals surface area contributed by atoms with Crippen molar-refractivity contribution in [2.45, 2.75) is 31.9 Å². The second kappa shape index (κ2) is 5.87. The lowest BCUT2D eigenvalue weighted by molar-refractivity contribution is -0.142. The van der Waals surface area contributed by atoms with Crippen molar-refractivity contribution >= 4 is 5.97 Å². The Labute approximate surface area is 107 Å². The fourth-order valence-electron chi connectivity index (χ4n) is 2.21. The normalized spacial score (nSPS) is 22.8. The molecule has 0 unspecified atom stereocenters. The molecule has 2 rings (SSSR count). The molecule has 1 saturated heterocycles. The molecule has 0 radical (unpaired) electrons. The summed E-state index contributed by atoms with van der Waals surface area (Å²) in [6.45, 7) is 2.78. The fourth-order valence-corrected chi connectivity index (χ4v) is 2.21. The summed E-state index contributed by atoms with van der Waals surface area (Å²) in [5.41, 5.74) is 1.19. The number of carbonyl (C=O) groups excluding carboxylic acids is 1. The van der Waals surface area contributed by atoms with E-state index in [4.69, 9.17) is 9.47 Å². The third kappa shape index (κ3) is 2.82. The number of aryl methyl sites for hydroxylation is 1. The maximum atomic E-state index is 11.4. The first-order valence-electron chi connectivity index (χ1n) is 6.30. The van der Waals surface area contributed by atoms with Gasteiger partial charge in [-0.1, -0.05) is 25.1 Å². The first-order valence-corrected chi connectivity index (χ1v) is 6.30. The monoisotopic (exact) mass is 249 g/mol. The largest absolute Gasteiger partial charge is 0.489 e. The molecule has 0 saturated carbocycles. The van der Waals surface area contributed by atoms with Crippen LogP contribution in [0.3, 0.4) is 0 Å². The summed E-state index contributed by atoms with van der Waals surface area (Å²) in [6.07, 6.45) is 1.63. The Bertz CT molecular complexity index is 419. The SMILES string of the molecule is CCc1ccccc1O[C@@H]1CN[C@H](C(=O)OC)C1. The van der Waals surface area contributed by atoms with Crippen LogP contribution in [-0.4, -0.2) is 31.8 Å². The van der Waals surface area contributed by atoms with E-state index in [0.29, 0.717) is 13.0 Å². The molecule has 0 spiro atoms. The van der Waals surface area contributed by atoms with Gasteiger partial charge in [-0.2, -0.15) is 0 Å². The molecule has 1 heterocycles. The Balaban J connectivity index is 1.97. The standard InChI is InChI=1S/C14H19NO3/c1-3-10-6-4-5-7-13(10)18-11-8-12(15-9-11)14(16)17-2/h4-7,11-12,15H,3,8-9H2,1-2H3/t11-,12-/m0/s1. The van der Waals surface area contributed by atoms with E-state index in [-0.39, 0.29) is 18.1 Å². The summed E-state index contributed by atoms with van der Waals surface area (Å²) in [4.78, 5) is 11.4. The third-order valence-corrected chi connectivity index (χ3v) is 3.22. The summed E-state index contributed by atoms with van der Waals surface area (Å²) in [5.74, 6) is 0.696. The highest BCUT2D eigenvalue weighted by Crippen LogP contribution is 2.22. The van der Waals surface area contributed by atoms with Crippen LogP contribution in [0.4, 0.5) is 0 Å². The number of nitrogens with one attached hydrogen (secondary N) is 1. The van der Waals surface area contributed by atoms with Crippen LogP contribution in [0.1, 0.15) is 18.9 Å². The summed E-state index contributed by atoms with van der Waals surface area (Å²) >= 11 is 0. The molecule has 1 aromatic rings. The smallest absolute Gasteiger partial charge is 0.323 e. The first kappa shape index (κ1) is 12.9. The van der Waals surface area contributed by atoms with Gasteiger partial charge in [-0.3, -0.25) is 4.79 Å². The number of benzene rings is 1. The van der Waals surface area contributed by atoms with Crippen LogP contribution in [0.5, 0.6) is 5.75 Å². The fraction of sp³-hybridized carbons (Fsp3) is 0.500. The lowest BCUT2D eigenvalue weighted by Crippen LogP contribution is -2.31. The minimum absolute atomic E-state index is 0.0294. The van der Waals surface area contributed by atoms with E-state index in [0.717, 1.165) is 12.2 Å². The molecule has 2 atom stereocenters. The zero-order valence-electron chi connectivity index (χ0n) is 10.8. The van der Waals surface area contributed by atoms with E-state index in [1.54, 1.807) is 0 Å². The van der Waals surface area contributed by atoms with Crippen molar-refractivity contribution in [1.82, 2.24) is 5.32 Å². The van der Waals surface area contributed by atoms with Gasteiger partial charge >= 0.3 is 5.97 Å². The molecule has 18 heavy (non-hydrogen) atoms. The molecule has 98 valence electrons. The predicted octanol–water partition coefficient (Wildman–Crippen LogP) is 1.53. The number of rotatable bonds is 4. The quantitative estimate of drug-likeness (QED) is 0.822. The maximum absolute atomic E-state index is 11.4. The van der Waals surface area contributed by atoms with Gasteiger partial charge in [0.15, 0.2) is 0 Å².